The molecule has 2 atom stereocenters. The van der Waals surface area contributed by atoms with Gasteiger partial charge < -0.3 is 14.8 Å². The van der Waals surface area contributed by atoms with E-state index in [0.717, 1.165) is 11.1 Å². The highest BCUT2D eigenvalue weighted by Crippen LogP contribution is 2.42. The van der Waals surface area contributed by atoms with Crippen LogP contribution in [0.2, 0.25) is 5.02 Å². The van der Waals surface area contributed by atoms with Crippen molar-refractivity contribution in [2.45, 2.75) is 18.3 Å². The molecule has 124 valence electrons. The number of hydrogen-bond donors (Lipinski definition) is 0. The van der Waals surface area contributed by atoms with Gasteiger partial charge >= 0.3 is 0 Å². The molecule has 0 aromatic heterocycles. The fourth-order valence-electron chi connectivity index (χ4n) is 2.69. The molecule has 1 aliphatic rings. The number of carboxylic acids is 1. The zero-order valence-corrected chi connectivity index (χ0v) is 14.5. The largest absolute Gasteiger partial charge is 0.548 e. The first-order chi connectivity index (χ1) is 11.5. The topological polar surface area (TPSA) is 60.4 Å². The maximum Gasteiger partial charge on any atom is 0.255 e. The number of carbonyl (C=O) groups is 2. The molecule has 0 saturated carbocycles. The van der Waals surface area contributed by atoms with Gasteiger partial charge in [0.2, 0.25) is 0 Å². The number of rotatable bonds is 3. The predicted molar refractivity (Wildman–Crippen MR) is 92.8 cm³/mol. The first kappa shape index (κ1) is 16.9. The highest BCUT2D eigenvalue weighted by molar-refractivity contribution is 7.99. The molecule has 3 rings (SSSR count). The first-order valence-corrected chi connectivity index (χ1v) is 8.87. The van der Waals surface area contributed by atoms with Crippen LogP contribution in [0.1, 0.15) is 26.9 Å². The molecule has 4 nitrogen and oxygen atoms in total. The number of carbonyl (C=O) groups excluding carboxylic acids is 2. The number of amides is 1. The van der Waals surface area contributed by atoms with Crippen molar-refractivity contribution in [3.8, 4) is 0 Å². The van der Waals surface area contributed by atoms with Crippen LogP contribution in [0.15, 0.2) is 48.5 Å². The van der Waals surface area contributed by atoms with Crippen LogP contribution in [-0.2, 0) is 4.79 Å². The van der Waals surface area contributed by atoms with E-state index in [0.29, 0.717) is 16.3 Å². The van der Waals surface area contributed by atoms with Gasteiger partial charge in [-0.1, -0.05) is 47.5 Å². The van der Waals surface area contributed by atoms with Crippen molar-refractivity contribution in [2.24, 2.45) is 0 Å². The van der Waals surface area contributed by atoms with Gasteiger partial charge in [0, 0.05) is 16.3 Å². The fourth-order valence-corrected chi connectivity index (χ4v) is 4.30. The molecule has 1 aliphatic heterocycles. The molecule has 1 amide bonds. The van der Waals surface area contributed by atoms with E-state index in [-0.39, 0.29) is 11.3 Å². The van der Waals surface area contributed by atoms with Crippen molar-refractivity contribution in [3.05, 3.63) is 70.2 Å². The number of halogens is 1. The normalized spacial score (nSPS) is 20.2. The Morgan fingerprint density at radius 2 is 1.92 bits per heavy atom. The van der Waals surface area contributed by atoms with Crippen LogP contribution in [0.4, 0.5) is 0 Å². The van der Waals surface area contributed by atoms with E-state index in [1.165, 1.54) is 16.7 Å². The SMILES string of the molecule is Cc1ccc([C@@H]2SC[C@@H](C(=O)[O-])N2C(=O)c2cccc(Cl)c2)cc1. The van der Waals surface area contributed by atoms with Crippen molar-refractivity contribution in [3.63, 3.8) is 0 Å². The Labute approximate surface area is 149 Å². The molecular weight excluding hydrogens is 346 g/mol. The van der Waals surface area contributed by atoms with Crippen molar-refractivity contribution in [1.82, 2.24) is 4.90 Å². The lowest BCUT2D eigenvalue weighted by molar-refractivity contribution is -0.310. The number of nitrogens with zero attached hydrogens (tertiary/aromatic N) is 1. The summed E-state index contributed by atoms with van der Waals surface area (Å²) in [4.78, 5) is 25.8. The second kappa shape index (κ2) is 6.87. The summed E-state index contributed by atoms with van der Waals surface area (Å²) < 4.78 is 0. The predicted octanol–water partition coefficient (Wildman–Crippen LogP) is 2.65. The number of benzene rings is 2. The monoisotopic (exact) mass is 360 g/mol. The van der Waals surface area contributed by atoms with Gasteiger partial charge in [0.25, 0.3) is 5.91 Å². The van der Waals surface area contributed by atoms with Gasteiger partial charge in [-0.2, -0.15) is 0 Å². The lowest BCUT2D eigenvalue weighted by Gasteiger charge is -2.30. The number of aryl methyl sites for hydroxylation is 1. The quantitative estimate of drug-likeness (QED) is 0.844. The summed E-state index contributed by atoms with van der Waals surface area (Å²) in [5.74, 6) is -1.30. The molecule has 0 aliphatic carbocycles. The molecule has 1 saturated heterocycles. The van der Waals surface area contributed by atoms with Crippen LogP contribution in [0.5, 0.6) is 0 Å². The van der Waals surface area contributed by atoms with E-state index in [1.807, 2.05) is 31.2 Å². The van der Waals surface area contributed by atoms with Crippen molar-refractivity contribution in [1.29, 1.82) is 0 Å². The minimum Gasteiger partial charge on any atom is -0.548 e. The van der Waals surface area contributed by atoms with Crippen LogP contribution in [-0.4, -0.2) is 28.6 Å². The van der Waals surface area contributed by atoms with E-state index in [4.69, 9.17) is 11.6 Å². The minimum absolute atomic E-state index is 0.299. The molecule has 1 heterocycles. The highest BCUT2D eigenvalue weighted by atomic mass is 35.5. The van der Waals surface area contributed by atoms with Crippen LogP contribution in [0.25, 0.3) is 0 Å². The number of aliphatic carboxylic acids is 1. The van der Waals surface area contributed by atoms with Crippen LogP contribution in [0, 0.1) is 6.92 Å². The molecule has 6 heteroatoms. The van der Waals surface area contributed by atoms with Crippen molar-refractivity contribution < 1.29 is 14.7 Å². The maximum absolute atomic E-state index is 12.9. The van der Waals surface area contributed by atoms with Crippen LogP contribution < -0.4 is 5.11 Å². The van der Waals surface area contributed by atoms with E-state index < -0.39 is 12.0 Å². The van der Waals surface area contributed by atoms with Crippen LogP contribution >= 0.6 is 23.4 Å². The van der Waals surface area contributed by atoms with Gasteiger partial charge in [0.1, 0.15) is 5.37 Å². The van der Waals surface area contributed by atoms with Crippen LogP contribution in [0.3, 0.4) is 0 Å². The number of thioether (sulfide) groups is 1. The second-order valence-electron chi connectivity index (χ2n) is 5.65. The lowest BCUT2D eigenvalue weighted by Crippen LogP contribution is -2.49. The molecule has 0 N–H and O–H groups in total. The summed E-state index contributed by atoms with van der Waals surface area (Å²) in [6, 6.07) is 13.3. The third-order valence-corrected chi connectivity index (χ3v) is 5.50. The molecule has 0 radical (unpaired) electrons. The van der Waals surface area contributed by atoms with Gasteiger partial charge in [-0.15, -0.1) is 11.8 Å². The Balaban J connectivity index is 1.99. The Hall–Kier alpha value is -1.98. The zero-order valence-electron chi connectivity index (χ0n) is 12.9. The zero-order chi connectivity index (χ0) is 17.3. The van der Waals surface area contributed by atoms with Gasteiger partial charge in [0.05, 0.1) is 12.0 Å². The van der Waals surface area contributed by atoms with E-state index in [9.17, 15) is 14.7 Å². The molecule has 2 aromatic rings. The van der Waals surface area contributed by atoms with Gasteiger partial charge in [-0.05, 0) is 30.7 Å². The van der Waals surface area contributed by atoms with Gasteiger partial charge in [-0.25, -0.2) is 0 Å². The Bertz CT molecular complexity index is 778. The van der Waals surface area contributed by atoms with Crippen molar-refractivity contribution >= 4 is 35.2 Å². The second-order valence-corrected chi connectivity index (χ2v) is 7.20. The third-order valence-electron chi connectivity index (χ3n) is 3.94. The average Bonchev–Trinajstić information content (AvgIpc) is 3.00. The smallest absolute Gasteiger partial charge is 0.255 e. The minimum atomic E-state index is -1.24. The summed E-state index contributed by atoms with van der Waals surface area (Å²) in [5.41, 5.74) is 2.36. The molecule has 1 fully saturated rings. The maximum atomic E-state index is 12.9. The summed E-state index contributed by atoms with van der Waals surface area (Å²) in [6.45, 7) is 1.98. The van der Waals surface area contributed by atoms with E-state index >= 15 is 0 Å². The average molecular weight is 361 g/mol. The molecule has 0 unspecified atom stereocenters. The molecular formula is C18H15ClNO3S-. The lowest BCUT2D eigenvalue weighted by atomic mass is 10.1. The Morgan fingerprint density at radius 1 is 1.21 bits per heavy atom. The standard InChI is InChI=1S/C18H16ClNO3S/c1-11-5-7-12(8-6-11)17-20(15(10-24-17)18(22)23)16(21)13-3-2-4-14(19)9-13/h2-9,15,17H,10H2,1H3,(H,22,23)/p-1/t15-,17-/m0/s1. The summed E-state index contributed by atoms with van der Waals surface area (Å²) in [7, 11) is 0. The van der Waals surface area contributed by atoms with E-state index in [2.05, 4.69) is 0 Å². The Morgan fingerprint density at radius 3 is 2.54 bits per heavy atom. The van der Waals surface area contributed by atoms with E-state index in [1.54, 1.807) is 24.3 Å². The fraction of sp³-hybridized carbons (Fsp3) is 0.222. The third kappa shape index (κ3) is 3.28. The van der Waals surface area contributed by atoms with Gasteiger partial charge in [-0.3, -0.25) is 4.79 Å². The van der Waals surface area contributed by atoms with Crippen molar-refractivity contribution in [2.75, 3.05) is 5.75 Å². The molecule has 0 bridgehead atoms. The molecule has 24 heavy (non-hydrogen) atoms. The first-order valence-electron chi connectivity index (χ1n) is 7.44. The number of carboxylic acid groups (broad SMARTS) is 1. The Kier molecular flexibility index (Phi) is 4.83. The highest BCUT2D eigenvalue weighted by Gasteiger charge is 2.39. The summed E-state index contributed by atoms with van der Waals surface area (Å²) >= 11 is 7.39. The number of hydrogen-bond acceptors (Lipinski definition) is 4. The summed E-state index contributed by atoms with van der Waals surface area (Å²) in [6.07, 6.45) is 0. The summed E-state index contributed by atoms with van der Waals surface area (Å²) in [5, 5.41) is 11.6. The molecule has 0 spiro atoms. The molecule has 2 aromatic carbocycles. The van der Waals surface area contributed by atoms with Gasteiger partial charge in [0.15, 0.2) is 0 Å².